The Morgan fingerprint density at radius 3 is 2.30 bits per heavy atom. The van der Waals surface area contributed by atoms with Crippen molar-refractivity contribution in [1.82, 2.24) is 0 Å². The van der Waals surface area contributed by atoms with Crippen LogP contribution in [0.2, 0.25) is 5.02 Å². The second-order valence-electron chi connectivity index (χ2n) is 6.07. The largest absolute Gasteiger partial charge is 0.495 e. The average molecular weight is 381 g/mol. The molecule has 0 aliphatic heterocycles. The molecule has 138 valence electrons. The van der Waals surface area contributed by atoms with Crippen LogP contribution in [0.5, 0.6) is 5.75 Å². The maximum Gasteiger partial charge on any atom is 0.243 e. The summed E-state index contributed by atoms with van der Waals surface area (Å²) >= 11 is 6.14. The fraction of sp³-hybridized carbons (Fsp3) is 0.136. The summed E-state index contributed by atoms with van der Waals surface area (Å²) < 4.78 is 5.14. The second-order valence-corrected chi connectivity index (χ2v) is 6.48. The van der Waals surface area contributed by atoms with Crippen LogP contribution in [-0.4, -0.2) is 19.6 Å². The zero-order chi connectivity index (χ0) is 19.1. The predicted molar refractivity (Wildman–Crippen MR) is 111 cm³/mol. The number of hydrogen-bond donors (Lipinski definition) is 1. The molecule has 5 heteroatoms. The number of nitrogens with one attached hydrogen (secondary N) is 1. The molecular weight excluding hydrogens is 360 g/mol. The first-order valence-electron chi connectivity index (χ1n) is 8.63. The Morgan fingerprint density at radius 1 is 1.00 bits per heavy atom. The molecule has 1 N–H and O–H groups in total. The lowest BCUT2D eigenvalue weighted by Gasteiger charge is -2.24. The van der Waals surface area contributed by atoms with Crippen LogP contribution in [0.3, 0.4) is 0 Å². The van der Waals surface area contributed by atoms with Gasteiger partial charge in [-0.1, -0.05) is 60.1 Å². The summed E-state index contributed by atoms with van der Waals surface area (Å²) in [6.45, 7) is 0.865. The highest BCUT2D eigenvalue weighted by molar-refractivity contribution is 6.32. The minimum Gasteiger partial charge on any atom is -0.495 e. The summed E-state index contributed by atoms with van der Waals surface area (Å²) in [5.41, 5.74) is 2.77. The number of nitrogens with zero attached hydrogens (tertiary/aromatic N) is 1. The summed E-state index contributed by atoms with van der Waals surface area (Å²) in [6.07, 6.45) is 0. The lowest BCUT2D eigenvalue weighted by molar-refractivity contribution is -0.115. The van der Waals surface area contributed by atoms with Gasteiger partial charge in [-0.3, -0.25) is 4.79 Å². The first-order valence-corrected chi connectivity index (χ1v) is 9.01. The maximum absolute atomic E-state index is 12.6. The first-order chi connectivity index (χ1) is 13.2. The van der Waals surface area contributed by atoms with Crippen LogP contribution in [0, 0.1) is 0 Å². The SMILES string of the molecule is COc1ccc(NC(=O)CN(Cc2ccccc2)c2ccccc2)cc1Cl. The van der Waals surface area contributed by atoms with E-state index in [4.69, 9.17) is 16.3 Å². The van der Waals surface area contributed by atoms with Crippen molar-refractivity contribution in [3.8, 4) is 5.75 Å². The Bertz CT molecular complexity index is 885. The summed E-state index contributed by atoms with van der Waals surface area (Å²) in [7, 11) is 1.56. The molecule has 3 rings (SSSR count). The van der Waals surface area contributed by atoms with Crippen molar-refractivity contribution >= 4 is 28.9 Å². The molecule has 0 aromatic heterocycles. The quantitative estimate of drug-likeness (QED) is 0.627. The number of ether oxygens (including phenoxy) is 1. The van der Waals surface area contributed by atoms with Crippen molar-refractivity contribution in [2.24, 2.45) is 0 Å². The zero-order valence-electron chi connectivity index (χ0n) is 15.1. The molecule has 0 aliphatic carbocycles. The molecule has 1 amide bonds. The van der Waals surface area contributed by atoms with Gasteiger partial charge in [-0.05, 0) is 35.9 Å². The van der Waals surface area contributed by atoms with E-state index in [1.807, 2.05) is 53.4 Å². The van der Waals surface area contributed by atoms with Crippen molar-refractivity contribution in [2.75, 3.05) is 23.9 Å². The van der Waals surface area contributed by atoms with Crippen LogP contribution in [0.1, 0.15) is 5.56 Å². The molecule has 0 atom stereocenters. The highest BCUT2D eigenvalue weighted by atomic mass is 35.5. The Morgan fingerprint density at radius 2 is 1.67 bits per heavy atom. The molecule has 0 saturated carbocycles. The monoisotopic (exact) mass is 380 g/mol. The third kappa shape index (κ3) is 5.25. The van der Waals surface area contributed by atoms with Crippen molar-refractivity contribution in [3.05, 3.63) is 89.4 Å². The van der Waals surface area contributed by atoms with Gasteiger partial charge in [-0.2, -0.15) is 0 Å². The highest BCUT2D eigenvalue weighted by Gasteiger charge is 2.13. The predicted octanol–water partition coefficient (Wildman–Crippen LogP) is 4.99. The van der Waals surface area contributed by atoms with Gasteiger partial charge < -0.3 is 15.0 Å². The van der Waals surface area contributed by atoms with Gasteiger partial charge >= 0.3 is 0 Å². The number of halogens is 1. The Labute approximate surface area is 164 Å². The second kappa shape index (κ2) is 9.10. The van der Waals surface area contributed by atoms with Crippen molar-refractivity contribution in [3.63, 3.8) is 0 Å². The van der Waals surface area contributed by atoms with Gasteiger partial charge in [-0.15, -0.1) is 0 Å². The number of rotatable bonds is 7. The van der Waals surface area contributed by atoms with Gasteiger partial charge in [0.2, 0.25) is 5.91 Å². The number of amides is 1. The minimum atomic E-state index is -0.115. The van der Waals surface area contributed by atoms with Gasteiger partial charge in [0.05, 0.1) is 18.7 Å². The molecule has 0 heterocycles. The zero-order valence-corrected chi connectivity index (χ0v) is 15.8. The van der Waals surface area contributed by atoms with Crippen LogP contribution in [0.4, 0.5) is 11.4 Å². The molecular formula is C22H21ClN2O2. The van der Waals surface area contributed by atoms with Crippen molar-refractivity contribution in [1.29, 1.82) is 0 Å². The number of para-hydroxylation sites is 1. The molecule has 0 fully saturated rings. The van der Waals surface area contributed by atoms with Crippen molar-refractivity contribution < 1.29 is 9.53 Å². The number of methoxy groups -OCH3 is 1. The number of carbonyl (C=O) groups excluding carboxylic acids is 1. The molecule has 0 radical (unpaired) electrons. The lowest BCUT2D eigenvalue weighted by Crippen LogP contribution is -2.32. The van der Waals surface area contributed by atoms with E-state index in [0.29, 0.717) is 23.0 Å². The average Bonchev–Trinajstić information content (AvgIpc) is 2.69. The van der Waals surface area contributed by atoms with Gasteiger partial charge in [-0.25, -0.2) is 0 Å². The topological polar surface area (TPSA) is 41.6 Å². The van der Waals surface area contributed by atoms with E-state index in [2.05, 4.69) is 17.4 Å². The van der Waals surface area contributed by atoms with E-state index >= 15 is 0 Å². The molecule has 0 spiro atoms. The van der Waals surface area contributed by atoms with E-state index in [1.165, 1.54) is 0 Å². The maximum atomic E-state index is 12.6. The summed E-state index contributed by atoms with van der Waals surface area (Å²) in [6, 6.07) is 25.2. The number of anilines is 2. The van der Waals surface area contributed by atoms with E-state index in [-0.39, 0.29) is 12.5 Å². The summed E-state index contributed by atoms with van der Waals surface area (Å²) in [5, 5.41) is 3.36. The molecule has 0 aliphatic rings. The molecule has 0 bridgehead atoms. The summed E-state index contributed by atoms with van der Waals surface area (Å²) in [5.74, 6) is 0.459. The normalized spacial score (nSPS) is 10.3. The number of carbonyl (C=O) groups is 1. The Balaban J connectivity index is 1.73. The van der Waals surface area contributed by atoms with Gasteiger partial charge in [0.15, 0.2) is 0 Å². The van der Waals surface area contributed by atoms with Gasteiger partial charge in [0.1, 0.15) is 5.75 Å². The van der Waals surface area contributed by atoms with E-state index in [0.717, 1.165) is 11.3 Å². The first kappa shape index (κ1) is 18.8. The van der Waals surface area contributed by atoms with Gasteiger partial charge in [0.25, 0.3) is 0 Å². The van der Waals surface area contributed by atoms with Crippen LogP contribution >= 0.6 is 11.6 Å². The van der Waals surface area contributed by atoms with Crippen molar-refractivity contribution in [2.45, 2.75) is 6.54 Å². The number of hydrogen-bond acceptors (Lipinski definition) is 3. The molecule has 0 unspecified atom stereocenters. The molecule has 4 nitrogen and oxygen atoms in total. The highest BCUT2D eigenvalue weighted by Crippen LogP contribution is 2.27. The van der Waals surface area contributed by atoms with Crippen LogP contribution in [0.25, 0.3) is 0 Å². The Kier molecular flexibility index (Phi) is 6.34. The van der Waals surface area contributed by atoms with Crippen LogP contribution in [0.15, 0.2) is 78.9 Å². The van der Waals surface area contributed by atoms with E-state index in [1.54, 1.807) is 25.3 Å². The summed E-state index contributed by atoms with van der Waals surface area (Å²) in [4.78, 5) is 14.7. The standard InChI is InChI=1S/C22H21ClN2O2/c1-27-21-13-12-18(14-20(21)23)24-22(26)16-25(19-10-6-3-7-11-19)15-17-8-4-2-5-9-17/h2-14H,15-16H2,1H3,(H,24,26). The fourth-order valence-corrected chi connectivity index (χ4v) is 3.06. The molecule has 27 heavy (non-hydrogen) atoms. The third-order valence-corrected chi connectivity index (χ3v) is 4.40. The van der Waals surface area contributed by atoms with Crippen LogP contribution < -0.4 is 15.0 Å². The number of benzene rings is 3. The molecule has 3 aromatic carbocycles. The van der Waals surface area contributed by atoms with Crippen LogP contribution in [-0.2, 0) is 11.3 Å². The van der Waals surface area contributed by atoms with Gasteiger partial charge in [0, 0.05) is 17.9 Å². The molecule has 3 aromatic rings. The minimum absolute atomic E-state index is 0.115. The smallest absolute Gasteiger partial charge is 0.243 e. The Hall–Kier alpha value is -2.98. The van der Waals surface area contributed by atoms with E-state index < -0.39 is 0 Å². The lowest BCUT2D eigenvalue weighted by atomic mass is 10.2. The third-order valence-electron chi connectivity index (χ3n) is 4.11. The van der Waals surface area contributed by atoms with E-state index in [9.17, 15) is 4.79 Å². The fourth-order valence-electron chi connectivity index (χ4n) is 2.80. The molecule has 0 saturated heterocycles.